The van der Waals surface area contributed by atoms with Crippen LogP contribution >= 0.6 is 0 Å². The van der Waals surface area contributed by atoms with E-state index in [9.17, 15) is 18.0 Å². The number of hydrogen-bond acceptors (Lipinski definition) is 6. The second-order valence-electron chi connectivity index (χ2n) is 8.67. The summed E-state index contributed by atoms with van der Waals surface area (Å²) in [5.41, 5.74) is 4.76. The van der Waals surface area contributed by atoms with Crippen molar-refractivity contribution < 1.29 is 22.7 Å². The monoisotopic (exact) mass is 520 g/mol. The first-order chi connectivity index (χ1) is 18.2. The number of anilines is 6. The first-order valence-electron chi connectivity index (χ1n) is 11.7. The van der Waals surface area contributed by atoms with E-state index in [-0.39, 0.29) is 5.69 Å². The average Bonchev–Trinajstić information content (AvgIpc) is 2.86. The number of ether oxygens (including phenoxy) is 1. The van der Waals surface area contributed by atoms with Crippen LogP contribution in [0.2, 0.25) is 0 Å². The zero-order chi connectivity index (χ0) is 26.7. The van der Waals surface area contributed by atoms with Crippen molar-refractivity contribution in [3.05, 3.63) is 89.6 Å². The van der Waals surface area contributed by atoms with Gasteiger partial charge in [-0.05, 0) is 73.4 Å². The maximum atomic E-state index is 12.8. The Bertz CT molecular complexity index is 1490. The average molecular weight is 521 g/mol. The summed E-state index contributed by atoms with van der Waals surface area (Å²) in [6.07, 6.45) is -1.90. The number of rotatable bonds is 3. The van der Waals surface area contributed by atoms with Crippen LogP contribution in [-0.2, 0) is 12.8 Å². The van der Waals surface area contributed by atoms with Crippen molar-refractivity contribution in [1.82, 2.24) is 9.97 Å². The van der Waals surface area contributed by atoms with Gasteiger partial charge in [-0.15, -0.1) is 13.2 Å². The predicted molar refractivity (Wildman–Crippen MR) is 139 cm³/mol. The van der Waals surface area contributed by atoms with Crippen LogP contribution in [0.25, 0.3) is 0 Å². The van der Waals surface area contributed by atoms with Gasteiger partial charge in [-0.25, -0.2) is 9.78 Å². The van der Waals surface area contributed by atoms with Crippen molar-refractivity contribution in [3.8, 4) is 5.75 Å². The fourth-order valence-electron chi connectivity index (χ4n) is 4.04. The van der Waals surface area contributed by atoms with Gasteiger partial charge in [0.2, 0.25) is 5.95 Å². The minimum Gasteiger partial charge on any atom is -0.404 e. The lowest BCUT2D eigenvalue weighted by Gasteiger charge is -2.17. The van der Waals surface area contributed by atoms with Crippen molar-refractivity contribution in [1.29, 1.82) is 0 Å². The Balaban J connectivity index is 1.42. The summed E-state index contributed by atoms with van der Waals surface area (Å²) in [6.45, 7) is 1.90. The van der Waals surface area contributed by atoms with Crippen LogP contribution in [0.15, 0.2) is 72.9 Å². The molecule has 194 valence electrons. The molecule has 0 unspecified atom stereocenters. The number of carbonyl (C=O) groups is 1. The number of nitrogens with zero attached hydrogens (tertiary/aromatic N) is 2. The van der Waals surface area contributed by atoms with Gasteiger partial charge in [-0.3, -0.25) is 0 Å². The molecular weight excluding hydrogens is 497 g/mol. The van der Waals surface area contributed by atoms with E-state index in [4.69, 9.17) is 0 Å². The highest BCUT2D eigenvalue weighted by atomic mass is 19.4. The molecule has 0 saturated carbocycles. The minimum atomic E-state index is -4.89. The molecule has 4 aromatic rings. The van der Waals surface area contributed by atoms with E-state index in [0.717, 1.165) is 34.1 Å². The second kappa shape index (κ2) is 10.3. The van der Waals surface area contributed by atoms with Crippen LogP contribution in [0, 0.1) is 6.92 Å². The van der Waals surface area contributed by atoms with E-state index >= 15 is 0 Å². The van der Waals surface area contributed by atoms with Gasteiger partial charge >= 0.3 is 12.4 Å². The number of aromatic nitrogens is 2. The molecule has 3 aromatic carbocycles. The van der Waals surface area contributed by atoms with Crippen LogP contribution < -0.4 is 26.0 Å². The fourth-order valence-corrected chi connectivity index (χ4v) is 4.04. The topological polar surface area (TPSA) is 100 Å². The zero-order valence-electron chi connectivity index (χ0n) is 20.2. The summed E-state index contributed by atoms with van der Waals surface area (Å²) in [5.74, 6) is 0.580. The molecule has 1 aromatic heterocycles. The van der Waals surface area contributed by atoms with Crippen LogP contribution in [-0.4, -0.2) is 22.4 Å². The molecule has 4 N–H and O–H groups in total. The predicted octanol–water partition coefficient (Wildman–Crippen LogP) is 6.91. The van der Waals surface area contributed by atoms with E-state index in [1.807, 2.05) is 37.3 Å². The van der Waals surface area contributed by atoms with Crippen molar-refractivity contribution in [2.45, 2.75) is 26.1 Å². The van der Waals surface area contributed by atoms with Crippen LogP contribution in [0.3, 0.4) is 0 Å². The van der Waals surface area contributed by atoms with Crippen LogP contribution in [0.4, 0.5) is 52.5 Å². The Labute approximate surface area is 216 Å². The third kappa shape index (κ3) is 6.12. The number of urea groups is 1. The van der Waals surface area contributed by atoms with Gasteiger partial charge in [0.15, 0.2) is 5.75 Å². The van der Waals surface area contributed by atoms with Gasteiger partial charge in [0.05, 0.1) is 5.69 Å². The second-order valence-corrected chi connectivity index (χ2v) is 8.67. The number of halogens is 3. The first kappa shape index (κ1) is 24.9. The number of hydrogen-bond donors (Lipinski definition) is 4. The lowest BCUT2D eigenvalue weighted by Crippen LogP contribution is -2.23. The van der Waals surface area contributed by atoms with Gasteiger partial charge in [-0.2, -0.15) is 4.98 Å². The highest BCUT2D eigenvalue weighted by Gasteiger charge is 2.32. The molecule has 0 fully saturated rings. The van der Waals surface area contributed by atoms with Gasteiger partial charge < -0.3 is 26.0 Å². The van der Waals surface area contributed by atoms with Gasteiger partial charge in [0, 0.05) is 28.8 Å². The summed E-state index contributed by atoms with van der Waals surface area (Å²) in [6, 6.07) is 18.0. The molecule has 11 heteroatoms. The van der Waals surface area contributed by atoms with E-state index in [1.165, 1.54) is 18.2 Å². The van der Waals surface area contributed by atoms with Gasteiger partial charge in [0.25, 0.3) is 0 Å². The number of benzene rings is 3. The molecule has 38 heavy (non-hydrogen) atoms. The Kier molecular flexibility index (Phi) is 6.73. The van der Waals surface area contributed by atoms with E-state index in [2.05, 4.69) is 36.0 Å². The molecule has 0 saturated heterocycles. The van der Waals surface area contributed by atoms with Crippen molar-refractivity contribution >= 4 is 40.5 Å². The number of amides is 2. The Morgan fingerprint density at radius 2 is 1.71 bits per heavy atom. The Hall–Kier alpha value is -4.80. The van der Waals surface area contributed by atoms with E-state index < -0.39 is 18.1 Å². The molecule has 2 heterocycles. The molecule has 0 spiro atoms. The van der Waals surface area contributed by atoms with Crippen molar-refractivity contribution in [2.75, 3.05) is 21.3 Å². The summed E-state index contributed by atoms with van der Waals surface area (Å²) in [4.78, 5) is 21.8. The molecule has 0 aliphatic carbocycles. The Morgan fingerprint density at radius 1 is 0.921 bits per heavy atom. The number of aryl methyl sites for hydroxylation is 3. The lowest BCUT2D eigenvalue weighted by atomic mass is 10.0. The quantitative estimate of drug-likeness (QED) is 0.234. The molecule has 8 nitrogen and oxygen atoms in total. The van der Waals surface area contributed by atoms with Crippen molar-refractivity contribution in [3.63, 3.8) is 0 Å². The fraction of sp³-hybridized carbons (Fsp3) is 0.148. The maximum absolute atomic E-state index is 12.8. The van der Waals surface area contributed by atoms with Crippen LogP contribution in [0.1, 0.15) is 16.7 Å². The molecule has 5 rings (SSSR count). The van der Waals surface area contributed by atoms with Crippen LogP contribution in [0.5, 0.6) is 5.75 Å². The lowest BCUT2D eigenvalue weighted by molar-refractivity contribution is -0.274. The molecule has 2 amide bonds. The number of fused-ring (bicyclic) bond motifs is 6. The van der Waals surface area contributed by atoms with Crippen molar-refractivity contribution in [2.24, 2.45) is 0 Å². The normalized spacial score (nSPS) is 12.5. The summed E-state index contributed by atoms with van der Waals surface area (Å²) >= 11 is 0. The minimum absolute atomic E-state index is 0.111. The molecule has 6 bridgehead atoms. The van der Waals surface area contributed by atoms with Gasteiger partial charge in [-0.1, -0.05) is 24.3 Å². The molecule has 0 radical (unpaired) electrons. The standard InChI is InChI=1S/C27H23F3N6O2/c1-16-15-31-25-33-19-6-4-5-17(13-19)9-10-18-14-20(32-24(16)36-25)11-12-21(18)34-26(37)35-22-7-2-3-8-23(22)38-27(28,29)30/h2-8,11-15H,9-10H2,1H3,(H2,34,35,37)(H2,31,32,33,36). The highest BCUT2D eigenvalue weighted by molar-refractivity contribution is 6.01. The molecular formula is C27H23F3N6O2. The third-order valence-electron chi connectivity index (χ3n) is 5.81. The smallest absolute Gasteiger partial charge is 0.404 e. The molecule has 1 aliphatic heterocycles. The van der Waals surface area contributed by atoms with Gasteiger partial charge in [0.1, 0.15) is 5.82 Å². The third-order valence-corrected chi connectivity index (χ3v) is 5.81. The SMILES string of the molecule is Cc1cnc2nc1Nc1ccc(NC(=O)Nc3ccccc3OC(F)(F)F)c(c1)CCc1cccc(c1)N2. The molecule has 1 aliphatic rings. The largest absolute Gasteiger partial charge is 0.573 e. The highest BCUT2D eigenvalue weighted by Crippen LogP contribution is 2.31. The number of alkyl halides is 3. The molecule has 0 atom stereocenters. The number of nitrogens with one attached hydrogen (secondary N) is 4. The summed E-state index contributed by atoms with van der Waals surface area (Å²) in [5, 5.41) is 11.7. The Morgan fingerprint density at radius 3 is 2.55 bits per heavy atom. The maximum Gasteiger partial charge on any atom is 0.573 e. The van der Waals surface area contributed by atoms with E-state index in [0.29, 0.717) is 30.3 Å². The first-order valence-corrected chi connectivity index (χ1v) is 11.7. The number of para-hydroxylation sites is 2. The van der Waals surface area contributed by atoms with E-state index in [1.54, 1.807) is 18.3 Å². The summed E-state index contributed by atoms with van der Waals surface area (Å²) < 4.78 is 42.3. The number of carbonyl (C=O) groups excluding carboxylic acids is 1. The summed E-state index contributed by atoms with van der Waals surface area (Å²) in [7, 11) is 0. The zero-order valence-corrected chi connectivity index (χ0v) is 20.2.